The smallest absolute Gasteiger partial charge is 0.280 e. The number of halogens is 2. The maximum atomic E-state index is 12.1. The molecule has 13 heavy (non-hydrogen) atoms. The zero-order valence-electron chi connectivity index (χ0n) is 7.00. The van der Waals surface area contributed by atoms with Crippen LogP contribution < -0.4 is 5.73 Å². The molecule has 0 saturated heterocycles. The number of pyridine rings is 1. The number of hydrogen-bond donors (Lipinski definition) is 1. The van der Waals surface area contributed by atoms with Crippen molar-refractivity contribution in [1.82, 2.24) is 4.98 Å². The van der Waals surface area contributed by atoms with Gasteiger partial charge in [-0.25, -0.2) is 8.78 Å². The average molecular weight is 184 g/mol. The van der Waals surface area contributed by atoms with Crippen LogP contribution in [0, 0.1) is 0 Å². The summed E-state index contributed by atoms with van der Waals surface area (Å²) in [5.41, 5.74) is 6.25. The van der Waals surface area contributed by atoms with E-state index in [9.17, 15) is 8.78 Å². The summed E-state index contributed by atoms with van der Waals surface area (Å²) in [6.07, 6.45) is 0.793. The van der Waals surface area contributed by atoms with Gasteiger partial charge in [0.25, 0.3) is 6.43 Å². The summed E-state index contributed by atoms with van der Waals surface area (Å²) < 4.78 is 24.2. The Labute approximate surface area is 74.8 Å². The van der Waals surface area contributed by atoms with E-state index in [1.807, 2.05) is 0 Å². The number of nitrogens with zero attached hydrogens (tertiary/aromatic N) is 1. The Balaban J connectivity index is 2.24. The van der Waals surface area contributed by atoms with Crippen molar-refractivity contribution < 1.29 is 8.78 Å². The van der Waals surface area contributed by atoms with Gasteiger partial charge in [0.05, 0.1) is 0 Å². The molecule has 0 aromatic carbocycles. The second kappa shape index (κ2) is 2.73. The van der Waals surface area contributed by atoms with Gasteiger partial charge in [0.15, 0.2) is 0 Å². The molecule has 1 aliphatic carbocycles. The van der Waals surface area contributed by atoms with Crippen molar-refractivity contribution in [2.75, 3.05) is 0 Å². The zero-order chi connectivity index (χ0) is 9.47. The quantitative estimate of drug-likeness (QED) is 0.763. The van der Waals surface area contributed by atoms with Crippen molar-refractivity contribution in [1.29, 1.82) is 0 Å². The molecule has 2 rings (SSSR count). The van der Waals surface area contributed by atoms with Crippen LogP contribution in [-0.2, 0) is 5.54 Å². The molecule has 0 atom stereocenters. The van der Waals surface area contributed by atoms with E-state index in [1.165, 1.54) is 12.3 Å². The Morgan fingerprint density at radius 3 is 2.46 bits per heavy atom. The van der Waals surface area contributed by atoms with Gasteiger partial charge >= 0.3 is 0 Å². The molecule has 0 amide bonds. The lowest BCUT2D eigenvalue weighted by Crippen LogP contribution is -2.18. The van der Waals surface area contributed by atoms with Crippen LogP contribution in [0.25, 0.3) is 0 Å². The van der Waals surface area contributed by atoms with Crippen LogP contribution in [0.2, 0.25) is 0 Å². The molecule has 2 N–H and O–H groups in total. The molecule has 0 spiro atoms. The third kappa shape index (κ3) is 1.54. The lowest BCUT2D eigenvalue weighted by atomic mass is 10.1. The molecule has 1 saturated carbocycles. The molecular weight excluding hydrogens is 174 g/mol. The van der Waals surface area contributed by atoms with Gasteiger partial charge in [0.1, 0.15) is 5.69 Å². The van der Waals surface area contributed by atoms with Crippen molar-refractivity contribution in [3.05, 3.63) is 29.6 Å². The third-order valence-corrected chi connectivity index (χ3v) is 2.37. The second-order valence-electron chi connectivity index (χ2n) is 3.43. The molecule has 0 radical (unpaired) electrons. The van der Waals surface area contributed by atoms with E-state index in [1.54, 1.807) is 6.07 Å². The first-order valence-electron chi connectivity index (χ1n) is 4.15. The summed E-state index contributed by atoms with van der Waals surface area (Å²) in [5, 5.41) is 0. The molecule has 1 aromatic heterocycles. The van der Waals surface area contributed by atoms with Crippen LogP contribution in [0.4, 0.5) is 8.78 Å². The largest absolute Gasteiger partial charge is 0.321 e. The lowest BCUT2D eigenvalue weighted by Gasteiger charge is -2.08. The first-order valence-corrected chi connectivity index (χ1v) is 4.15. The first-order chi connectivity index (χ1) is 6.12. The van der Waals surface area contributed by atoms with Gasteiger partial charge < -0.3 is 5.73 Å². The van der Waals surface area contributed by atoms with Crippen molar-refractivity contribution >= 4 is 0 Å². The highest BCUT2D eigenvalue weighted by molar-refractivity contribution is 5.27. The van der Waals surface area contributed by atoms with Crippen LogP contribution in [0.1, 0.15) is 30.5 Å². The van der Waals surface area contributed by atoms with E-state index in [2.05, 4.69) is 4.98 Å². The Kier molecular flexibility index (Phi) is 1.80. The molecule has 1 aromatic rings. The average Bonchev–Trinajstić information content (AvgIpc) is 2.85. The molecule has 70 valence electrons. The van der Waals surface area contributed by atoms with Crippen LogP contribution in [-0.4, -0.2) is 4.98 Å². The second-order valence-corrected chi connectivity index (χ2v) is 3.43. The summed E-state index contributed by atoms with van der Waals surface area (Å²) in [5.74, 6) is 0. The van der Waals surface area contributed by atoms with E-state index in [4.69, 9.17) is 5.73 Å². The SMILES string of the molecule is NC1(c2ccc(C(F)F)nc2)CC1. The number of rotatable bonds is 2. The van der Waals surface area contributed by atoms with Crippen LogP contribution in [0.15, 0.2) is 18.3 Å². The molecule has 0 aliphatic heterocycles. The highest BCUT2D eigenvalue weighted by Crippen LogP contribution is 2.42. The van der Waals surface area contributed by atoms with E-state index in [0.717, 1.165) is 18.4 Å². The Morgan fingerprint density at radius 2 is 2.08 bits per heavy atom. The van der Waals surface area contributed by atoms with Crippen molar-refractivity contribution in [3.8, 4) is 0 Å². The van der Waals surface area contributed by atoms with Gasteiger partial charge in [-0.05, 0) is 24.5 Å². The number of hydrogen-bond acceptors (Lipinski definition) is 2. The highest BCUT2D eigenvalue weighted by atomic mass is 19.3. The standard InChI is InChI=1S/C9H10F2N2/c10-8(11)7-2-1-6(5-13-7)9(12)3-4-9/h1-2,5,8H,3-4,12H2. The highest BCUT2D eigenvalue weighted by Gasteiger charge is 2.40. The Hall–Kier alpha value is -1.03. The monoisotopic (exact) mass is 184 g/mol. The summed E-state index contributed by atoms with van der Waals surface area (Å²) in [7, 11) is 0. The maximum Gasteiger partial charge on any atom is 0.280 e. The van der Waals surface area contributed by atoms with Crippen molar-refractivity contribution in [3.63, 3.8) is 0 Å². The van der Waals surface area contributed by atoms with Crippen molar-refractivity contribution in [2.24, 2.45) is 5.73 Å². The van der Waals surface area contributed by atoms with Gasteiger partial charge in [-0.15, -0.1) is 0 Å². The topological polar surface area (TPSA) is 38.9 Å². The summed E-state index contributed by atoms with van der Waals surface area (Å²) >= 11 is 0. The van der Waals surface area contributed by atoms with Gasteiger partial charge in [0, 0.05) is 11.7 Å². The predicted octanol–water partition coefficient (Wildman–Crippen LogP) is 1.97. The molecule has 1 fully saturated rings. The van der Waals surface area contributed by atoms with E-state index in [0.29, 0.717) is 0 Å². The molecule has 0 unspecified atom stereocenters. The van der Waals surface area contributed by atoms with Crippen LogP contribution >= 0.6 is 0 Å². The lowest BCUT2D eigenvalue weighted by molar-refractivity contribution is 0.146. The minimum absolute atomic E-state index is 0.187. The fourth-order valence-electron chi connectivity index (χ4n) is 1.25. The van der Waals surface area contributed by atoms with Gasteiger partial charge in [-0.2, -0.15) is 0 Å². The van der Waals surface area contributed by atoms with Crippen molar-refractivity contribution in [2.45, 2.75) is 24.8 Å². The Bertz CT molecular complexity index is 304. The third-order valence-electron chi connectivity index (χ3n) is 2.37. The zero-order valence-corrected chi connectivity index (χ0v) is 7.00. The summed E-state index contributed by atoms with van der Waals surface area (Å²) in [6.45, 7) is 0. The maximum absolute atomic E-state index is 12.1. The summed E-state index contributed by atoms with van der Waals surface area (Å²) in [6, 6.07) is 2.98. The fraction of sp³-hybridized carbons (Fsp3) is 0.444. The van der Waals surface area contributed by atoms with Gasteiger partial charge in [-0.3, -0.25) is 4.98 Å². The van der Waals surface area contributed by atoms with Gasteiger partial charge in [-0.1, -0.05) is 6.07 Å². The van der Waals surface area contributed by atoms with Crippen LogP contribution in [0.3, 0.4) is 0 Å². The minimum Gasteiger partial charge on any atom is -0.321 e. The molecule has 0 bridgehead atoms. The Morgan fingerprint density at radius 1 is 1.38 bits per heavy atom. The minimum atomic E-state index is -2.50. The van der Waals surface area contributed by atoms with E-state index in [-0.39, 0.29) is 11.2 Å². The number of alkyl halides is 2. The molecule has 1 heterocycles. The van der Waals surface area contributed by atoms with Crippen LogP contribution in [0.5, 0.6) is 0 Å². The molecule has 4 heteroatoms. The molecular formula is C9H10F2N2. The molecule has 1 aliphatic rings. The summed E-state index contributed by atoms with van der Waals surface area (Å²) in [4.78, 5) is 3.65. The molecule has 2 nitrogen and oxygen atoms in total. The number of nitrogens with two attached hydrogens (primary N) is 1. The predicted molar refractivity (Wildman–Crippen MR) is 44.3 cm³/mol. The van der Waals surface area contributed by atoms with E-state index >= 15 is 0 Å². The first kappa shape index (κ1) is 8.56. The van der Waals surface area contributed by atoms with E-state index < -0.39 is 6.43 Å². The number of aromatic nitrogens is 1. The normalized spacial score (nSPS) is 19.1. The fourth-order valence-corrected chi connectivity index (χ4v) is 1.25. The van der Waals surface area contributed by atoms with Gasteiger partial charge in [0.2, 0.25) is 0 Å².